The average molecular weight is 709 g/mol. The zero-order valence-electron chi connectivity index (χ0n) is 28.4. The van der Waals surface area contributed by atoms with Gasteiger partial charge in [0.25, 0.3) is 15.9 Å². The Morgan fingerprint density at radius 1 is 0.812 bits per heavy atom. The van der Waals surface area contributed by atoms with Crippen LogP contribution in [0.15, 0.2) is 65.6 Å². The van der Waals surface area contributed by atoms with Crippen molar-refractivity contribution in [3.63, 3.8) is 0 Å². The van der Waals surface area contributed by atoms with Crippen LogP contribution >= 0.6 is 0 Å². The highest BCUT2D eigenvalue weighted by Gasteiger charge is 2.38. The number of sulfonamides is 1. The number of carbonyl (C=O) groups excluding carboxylic acids is 1. The highest BCUT2D eigenvalue weighted by atomic mass is 32.2. The molecule has 0 aliphatic rings. The van der Waals surface area contributed by atoms with E-state index in [0.717, 1.165) is 49.2 Å². The van der Waals surface area contributed by atoms with Crippen LogP contribution < -0.4 is 4.57 Å². The van der Waals surface area contributed by atoms with Gasteiger partial charge in [0.1, 0.15) is 7.05 Å². The molecule has 0 aliphatic heterocycles. The number of hydrogen-bond donors (Lipinski definition) is 0. The fourth-order valence-electron chi connectivity index (χ4n) is 5.52. The molecule has 262 valence electrons. The Morgan fingerprint density at radius 2 is 1.23 bits per heavy atom. The Balaban J connectivity index is 0.000000694. The van der Waals surface area contributed by atoms with Crippen molar-refractivity contribution in [3.05, 3.63) is 82.9 Å². The van der Waals surface area contributed by atoms with Gasteiger partial charge in [-0.1, -0.05) is 91.3 Å². The largest absolute Gasteiger partial charge is 0.741 e. The number of hydrogen-bond acceptors (Lipinski definition) is 6. The smallest absolute Gasteiger partial charge is 0.485 e. The Bertz CT molecular complexity index is 1940. The normalized spacial score (nSPS) is 12.6. The molecule has 3 aromatic carbocycles. The molecule has 0 atom stereocenters. The van der Waals surface area contributed by atoms with E-state index in [2.05, 4.69) is 18.4 Å². The summed E-state index contributed by atoms with van der Waals surface area (Å²) in [5, 5.41) is 1.49. The van der Waals surface area contributed by atoms with E-state index in [1.165, 1.54) is 0 Å². The minimum absolute atomic E-state index is 0.0264. The highest BCUT2D eigenvalue weighted by Crippen LogP contribution is 2.38. The van der Waals surface area contributed by atoms with Crippen LogP contribution in [-0.4, -0.2) is 43.7 Å². The monoisotopic (exact) mass is 708 g/mol. The Hall–Kier alpha value is -3.55. The van der Waals surface area contributed by atoms with Gasteiger partial charge in [-0.05, 0) is 53.0 Å². The molecule has 1 heterocycles. The standard InChI is InChI=1S/C34H43N2O3S.CHF3O3S/c1-9-10-19-36(40(38,39)33-28(23(4)5)20-25(22(2)3)21-29(33)24(6)7)34(37)32-26-15-11-13-17-30(26)35(8)31-18-14-12-16-27(31)32;2-1(3,4)8(5,6)7/h11-18,20-24H,9-10,19H2,1-8H3;(H,5,6,7)/q+1;/p-1. The van der Waals surface area contributed by atoms with Gasteiger partial charge in [-0.2, -0.15) is 17.7 Å². The van der Waals surface area contributed by atoms with Crippen molar-refractivity contribution in [2.24, 2.45) is 7.05 Å². The van der Waals surface area contributed by atoms with Crippen molar-refractivity contribution < 1.29 is 43.9 Å². The molecule has 0 aliphatic carbocycles. The molecule has 1 aromatic heterocycles. The van der Waals surface area contributed by atoms with Crippen LogP contribution in [0.2, 0.25) is 0 Å². The number of fused-ring (bicyclic) bond motifs is 2. The van der Waals surface area contributed by atoms with E-state index in [1.807, 2.05) is 102 Å². The molecule has 0 unspecified atom stereocenters. The van der Waals surface area contributed by atoms with E-state index in [-0.39, 0.29) is 24.3 Å². The number of aromatic nitrogens is 1. The van der Waals surface area contributed by atoms with Crippen molar-refractivity contribution in [1.82, 2.24) is 4.31 Å². The van der Waals surface area contributed by atoms with Gasteiger partial charge in [0.2, 0.25) is 11.0 Å². The molecule has 4 rings (SSSR count). The zero-order valence-corrected chi connectivity index (χ0v) is 30.1. The third-order valence-corrected chi connectivity index (χ3v) is 10.6. The van der Waals surface area contributed by atoms with Gasteiger partial charge >= 0.3 is 5.51 Å². The summed E-state index contributed by atoms with van der Waals surface area (Å²) < 4.78 is 91.8. The Kier molecular flexibility index (Phi) is 12.1. The first-order chi connectivity index (χ1) is 22.2. The first-order valence-corrected chi connectivity index (χ1v) is 18.6. The summed E-state index contributed by atoms with van der Waals surface area (Å²) in [4.78, 5) is 15.0. The van der Waals surface area contributed by atoms with Gasteiger partial charge in [-0.3, -0.25) is 4.79 Å². The molecule has 48 heavy (non-hydrogen) atoms. The third-order valence-electron chi connectivity index (χ3n) is 8.14. The van der Waals surface area contributed by atoms with Crippen LogP contribution in [0.1, 0.15) is 106 Å². The summed E-state index contributed by atoms with van der Waals surface area (Å²) in [6.07, 6.45) is 1.35. The van der Waals surface area contributed by atoms with Crippen LogP contribution in [0, 0.1) is 0 Å². The molecule has 13 heteroatoms. The second-order valence-electron chi connectivity index (χ2n) is 12.6. The molecule has 0 fully saturated rings. The predicted octanol–water partition coefficient (Wildman–Crippen LogP) is 7.87. The molecule has 0 radical (unpaired) electrons. The Labute approximate surface area is 281 Å². The average Bonchev–Trinajstić information content (AvgIpc) is 3.00. The van der Waals surface area contributed by atoms with Crippen molar-refractivity contribution in [3.8, 4) is 0 Å². The van der Waals surface area contributed by atoms with E-state index < -0.39 is 31.6 Å². The van der Waals surface area contributed by atoms with Crippen LogP contribution in [0.3, 0.4) is 0 Å². The first kappa shape index (κ1) is 38.9. The van der Waals surface area contributed by atoms with Crippen LogP contribution in [-0.2, 0) is 27.2 Å². The fourth-order valence-corrected chi connectivity index (χ4v) is 7.60. The number of carbonyl (C=O) groups is 1. The summed E-state index contributed by atoms with van der Waals surface area (Å²) in [5.74, 6) is -0.269. The number of amides is 1. The van der Waals surface area contributed by atoms with E-state index >= 15 is 0 Å². The number of para-hydroxylation sites is 2. The van der Waals surface area contributed by atoms with Gasteiger partial charge in [0, 0.05) is 18.7 Å². The van der Waals surface area contributed by atoms with Crippen LogP contribution in [0.5, 0.6) is 0 Å². The highest BCUT2D eigenvalue weighted by molar-refractivity contribution is 7.89. The minimum Gasteiger partial charge on any atom is -0.741 e. The molecule has 0 N–H and O–H groups in total. The van der Waals surface area contributed by atoms with Crippen molar-refractivity contribution in [2.45, 2.75) is 89.5 Å². The van der Waals surface area contributed by atoms with Gasteiger partial charge < -0.3 is 4.55 Å². The number of halogens is 3. The number of benzene rings is 3. The zero-order chi connectivity index (χ0) is 36.4. The maximum atomic E-state index is 14.8. The summed E-state index contributed by atoms with van der Waals surface area (Å²) in [5.41, 5.74) is -0.789. The van der Waals surface area contributed by atoms with E-state index in [0.29, 0.717) is 16.9 Å². The lowest BCUT2D eigenvalue weighted by molar-refractivity contribution is -0.617. The van der Waals surface area contributed by atoms with Gasteiger partial charge in [0.05, 0.1) is 21.2 Å². The number of unbranched alkanes of at least 4 members (excludes halogenated alkanes) is 1. The van der Waals surface area contributed by atoms with Gasteiger partial charge in [-0.25, -0.2) is 21.1 Å². The molecule has 1 amide bonds. The van der Waals surface area contributed by atoms with Crippen molar-refractivity contribution >= 4 is 47.9 Å². The van der Waals surface area contributed by atoms with E-state index in [4.69, 9.17) is 13.0 Å². The topological polar surface area (TPSA) is 116 Å². The molecule has 4 aromatic rings. The molecule has 0 saturated heterocycles. The lowest BCUT2D eigenvalue weighted by Crippen LogP contribution is -2.40. The quantitative estimate of drug-likeness (QED) is 0.0757. The molecule has 0 saturated carbocycles. The van der Waals surface area contributed by atoms with Crippen LogP contribution in [0.4, 0.5) is 13.2 Å². The first-order valence-electron chi connectivity index (χ1n) is 15.7. The molecule has 0 bridgehead atoms. The third kappa shape index (κ3) is 8.01. The summed E-state index contributed by atoms with van der Waals surface area (Å²) in [7, 11) is -8.30. The van der Waals surface area contributed by atoms with Crippen LogP contribution in [0.25, 0.3) is 21.8 Å². The molecular formula is C35H43F3N2O6S2. The number of nitrogens with zero attached hydrogens (tertiary/aromatic N) is 2. The predicted molar refractivity (Wildman–Crippen MR) is 180 cm³/mol. The lowest BCUT2D eigenvalue weighted by Gasteiger charge is -2.29. The number of alkyl halides is 3. The molecular weight excluding hydrogens is 666 g/mol. The second kappa shape index (κ2) is 14.9. The van der Waals surface area contributed by atoms with Crippen molar-refractivity contribution in [2.75, 3.05) is 6.54 Å². The summed E-state index contributed by atoms with van der Waals surface area (Å²) in [6, 6.07) is 19.5. The summed E-state index contributed by atoms with van der Waals surface area (Å²) in [6.45, 7) is 14.5. The maximum Gasteiger partial charge on any atom is 0.485 e. The van der Waals surface area contributed by atoms with E-state index in [9.17, 15) is 26.4 Å². The van der Waals surface area contributed by atoms with Crippen molar-refractivity contribution in [1.29, 1.82) is 0 Å². The molecule has 0 spiro atoms. The maximum absolute atomic E-state index is 14.8. The number of aryl methyl sites for hydroxylation is 1. The van der Waals surface area contributed by atoms with E-state index in [1.54, 1.807) is 0 Å². The summed E-state index contributed by atoms with van der Waals surface area (Å²) >= 11 is 0. The van der Waals surface area contributed by atoms with Gasteiger partial charge in [0.15, 0.2) is 10.1 Å². The SMILES string of the molecule is CCCCN(C(=O)c1c2ccccc2[n+](C)c2ccccc12)S(=O)(=O)c1c(C(C)C)cc(C(C)C)cc1C(C)C.O=S(=O)([O-])C(F)(F)F. The lowest BCUT2D eigenvalue weighted by atomic mass is 9.89. The number of pyridine rings is 1. The Morgan fingerprint density at radius 3 is 1.58 bits per heavy atom. The fraction of sp³-hybridized carbons (Fsp3) is 0.429. The molecule has 8 nitrogen and oxygen atoms in total. The minimum atomic E-state index is -6.09. The second-order valence-corrected chi connectivity index (χ2v) is 15.8. The van der Waals surface area contributed by atoms with Gasteiger partial charge in [-0.15, -0.1) is 0 Å². The number of rotatable bonds is 9.